The largest absolute Gasteiger partial charge is 0.351 e. The number of benzene rings is 2. The molecule has 2 amide bonds. The molecule has 0 aliphatic heterocycles. The van der Waals surface area contributed by atoms with Crippen molar-refractivity contribution in [1.29, 1.82) is 0 Å². The lowest BCUT2D eigenvalue weighted by Gasteiger charge is -2.13. The highest BCUT2D eigenvalue weighted by atomic mass is 19.1. The van der Waals surface area contributed by atoms with Crippen molar-refractivity contribution in [1.82, 2.24) is 9.88 Å². The van der Waals surface area contributed by atoms with E-state index in [1.54, 1.807) is 6.07 Å². The number of hydrogen-bond acceptors (Lipinski definition) is 2. The first-order valence-corrected chi connectivity index (χ1v) is 10.4. The van der Waals surface area contributed by atoms with Gasteiger partial charge in [-0.05, 0) is 60.7 Å². The minimum atomic E-state index is -0.306. The normalized spacial score (nSPS) is 13.6. The van der Waals surface area contributed by atoms with Crippen LogP contribution >= 0.6 is 0 Å². The van der Waals surface area contributed by atoms with Crippen LogP contribution in [0.5, 0.6) is 0 Å². The molecule has 1 saturated carbocycles. The fourth-order valence-electron chi connectivity index (χ4n) is 3.50. The molecule has 2 N–H and O–H groups in total. The van der Waals surface area contributed by atoms with E-state index in [9.17, 15) is 14.0 Å². The first kappa shape index (κ1) is 20.1. The topological polar surface area (TPSA) is 63.1 Å². The summed E-state index contributed by atoms with van der Waals surface area (Å²) in [5.74, 6) is 0.0260. The number of amides is 2. The number of aromatic nitrogens is 1. The predicted octanol–water partition coefficient (Wildman–Crippen LogP) is 4.56. The number of rotatable bonds is 7. The molecule has 0 atom stereocenters. The van der Waals surface area contributed by atoms with E-state index in [2.05, 4.69) is 10.6 Å². The molecule has 0 spiro atoms. The number of carbonyl (C=O) groups is 2. The molecular formula is C24H26FN3O2. The van der Waals surface area contributed by atoms with Gasteiger partial charge >= 0.3 is 0 Å². The first-order valence-electron chi connectivity index (χ1n) is 10.4. The predicted molar refractivity (Wildman–Crippen MR) is 116 cm³/mol. The Hall–Kier alpha value is -3.15. The third-order valence-corrected chi connectivity index (χ3v) is 5.25. The molecule has 1 aromatic heterocycles. The minimum Gasteiger partial charge on any atom is -0.351 e. The summed E-state index contributed by atoms with van der Waals surface area (Å²) in [4.78, 5) is 25.0. The van der Waals surface area contributed by atoms with Crippen molar-refractivity contribution < 1.29 is 14.0 Å². The van der Waals surface area contributed by atoms with E-state index in [0.29, 0.717) is 24.7 Å². The van der Waals surface area contributed by atoms with Crippen molar-refractivity contribution in [2.45, 2.75) is 33.2 Å². The summed E-state index contributed by atoms with van der Waals surface area (Å²) in [6.07, 6.45) is 1.89. The Kier molecular flexibility index (Phi) is 5.57. The van der Waals surface area contributed by atoms with Crippen molar-refractivity contribution in [2.75, 3.05) is 11.9 Å². The zero-order valence-corrected chi connectivity index (χ0v) is 17.2. The molecule has 0 saturated heterocycles. The second-order valence-electron chi connectivity index (χ2n) is 8.39. The monoisotopic (exact) mass is 407 g/mol. The molecule has 3 aromatic rings. The second-order valence-corrected chi connectivity index (χ2v) is 8.39. The molecule has 1 heterocycles. The average Bonchev–Trinajstić information content (AvgIpc) is 3.49. The van der Waals surface area contributed by atoms with Crippen LogP contribution < -0.4 is 10.6 Å². The molecule has 0 unspecified atom stereocenters. The highest BCUT2D eigenvalue weighted by Crippen LogP contribution is 2.31. The lowest BCUT2D eigenvalue weighted by atomic mass is 10.2. The van der Waals surface area contributed by atoms with E-state index < -0.39 is 0 Å². The van der Waals surface area contributed by atoms with E-state index >= 15 is 0 Å². The van der Waals surface area contributed by atoms with Crippen molar-refractivity contribution in [3.05, 3.63) is 65.6 Å². The van der Waals surface area contributed by atoms with Crippen LogP contribution in [0.1, 0.15) is 42.7 Å². The number of halogens is 1. The van der Waals surface area contributed by atoms with Gasteiger partial charge in [-0.15, -0.1) is 0 Å². The standard InChI is InChI=1S/C24H26FN3O2/c1-15(2)13-26-24(30)22-12-18-11-20(27-23(29)17-6-7-17)8-9-21(18)28(22)14-16-4-3-5-19(25)10-16/h3-5,8-12,15,17H,6-7,13-14H2,1-2H3,(H,26,30)(H,27,29). The Morgan fingerprint density at radius 2 is 1.93 bits per heavy atom. The van der Waals surface area contributed by atoms with Gasteiger partial charge in [0.25, 0.3) is 5.91 Å². The Morgan fingerprint density at radius 3 is 2.63 bits per heavy atom. The average molecular weight is 407 g/mol. The highest BCUT2D eigenvalue weighted by Gasteiger charge is 2.29. The highest BCUT2D eigenvalue weighted by molar-refractivity contribution is 6.01. The molecule has 156 valence electrons. The second kappa shape index (κ2) is 8.30. The summed E-state index contributed by atoms with van der Waals surface area (Å²) < 4.78 is 15.6. The van der Waals surface area contributed by atoms with Gasteiger partial charge in [0.1, 0.15) is 11.5 Å². The van der Waals surface area contributed by atoms with Gasteiger partial charge in [0.2, 0.25) is 5.91 Å². The fourth-order valence-corrected chi connectivity index (χ4v) is 3.50. The smallest absolute Gasteiger partial charge is 0.267 e. The van der Waals surface area contributed by atoms with Crippen LogP contribution in [0, 0.1) is 17.7 Å². The molecule has 30 heavy (non-hydrogen) atoms. The summed E-state index contributed by atoms with van der Waals surface area (Å²) in [5, 5.41) is 6.77. The van der Waals surface area contributed by atoms with Crippen molar-refractivity contribution in [3.63, 3.8) is 0 Å². The quantitative estimate of drug-likeness (QED) is 0.603. The summed E-state index contributed by atoms with van der Waals surface area (Å²) >= 11 is 0. The third kappa shape index (κ3) is 4.53. The first-order chi connectivity index (χ1) is 14.4. The van der Waals surface area contributed by atoms with E-state index in [4.69, 9.17) is 0 Å². The Labute approximate surface area is 175 Å². The van der Waals surface area contributed by atoms with Crippen LogP contribution in [0.25, 0.3) is 10.9 Å². The number of nitrogens with zero attached hydrogens (tertiary/aromatic N) is 1. The van der Waals surface area contributed by atoms with E-state index in [1.807, 2.05) is 48.7 Å². The van der Waals surface area contributed by atoms with E-state index in [0.717, 1.165) is 35.0 Å². The van der Waals surface area contributed by atoms with Gasteiger partial charge in [0.05, 0.1) is 0 Å². The third-order valence-electron chi connectivity index (χ3n) is 5.25. The maximum Gasteiger partial charge on any atom is 0.267 e. The lowest BCUT2D eigenvalue weighted by Crippen LogP contribution is -2.29. The summed E-state index contributed by atoms with van der Waals surface area (Å²) in [5.41, 5.74) is 2.87. The summed E-state index contributed by atoms with van der Waals surface area (Å²) in [6, 6.07) is 13.9. The maximum atomic E-state index is 13.7. The molecule has 5 nitrogen and oxygen atoms in total. The fraction of sp³-hybridized carbons (Fsp3) is 0.333. The summed E-state index contributed by atoms with van der Waals surface area (Å²) in [7, 11) is 0. The number of carbonyl (C=O) groups excluding carboxylic acids is 2. The Bertz CT molecular complexity index is 1100. The Balaban J connectivity index is 1.69. The van der Waals surface area contributed by atoms with Crippen LogP contribution in [0.3, 0.4) is 0 Å². The van der Waals surface area contributed by atoms with E-state index in [1.165, 1.54) is 12.1 Å². The van der Waals surface area contributed by atoms with Crippen LogP contribution in [0.4, 0.5) is 10.1 Å². The zero-order chi connectivity index (χ0) is 21.3. The number of fused-ring (bicyclic) bond motifs is 1. The Morgan fingerprint density at radius 1 is 1.13 bits per heavy atom. The molecule has 0 bridgehead atoms. The molecule has 6 heteroatoms. The van der Waals surface area contributed by atoms with Gasteiger partial charge in [-0.1, -0.05) is 26.0 Å². The van der Waals surface area contributed by atoms with Gasteiger partial charge in [-0.25, -0.2) is 4.39 Å². The number of hydrogen-bond donors (Lipinski definition) is 2. The van der Waals surface area contributed by atoms with Crippen molar-refractivity contribution >= 4 is 28.4 Å². The molecule has 2 aromatic carbocycles. The molecule has 4 rings (SSSR count). The van der Waals surface area contributed by atoms with Crippen LogP contribution in [0.2, 0.25) is 0 Å². The summed E-state index contributed by atoms with van der Waals surface area (Å²) in [6.45, 7) is 5.03. The lowest BCUT2D eigenvalue weighted by molar-refractivity contribution is -0.117. The van der Waals surface area contributed by atoms with Gasteiger partial charge in [0, 0.05) is 35.6 Å². The van der Waals surface area contributed by atoms with Crippen LogP contribution in [0.15, 0.2) is 48.5 Å². The zero-order valence-electron chi connectivity index (χ0n) is 17.2. The molecule has 1 aliphatic carbocycles. The molecular weight excluding hydrogens is 381 g/mol. The van der Waals surface area contributed by atoms with Gasteiger partial charge in [-0.2, -0.15) is 0 Å². The van der Waals surface area contributed by atoms with Gasteiger partial charge in [0.15, 0.2) is 0 Å². The SMILES string of the molecule is CC(C)CNC(=O)c1cc2cc(NC(=O)C3CC3)ccc2n1Cc1cccc(F)c1. The molecule has 1 aliphatic rings. The van der Waals surface area contributed by atoms with Crippen LogP contribution in [-0.2, 0) is 11.3 Å². The van der Waals surface area contributed by atoms with Crippen molar-refractivity contribution in [2.24, 2.45) is 11.8 Å². The van der Waals surface area contributed by atoms with Crippen molar-refractivity contribution in [3.8, 4) is 0 Å². The van der Waals surface area contributed by atoms with Crippen LogP contribution in [-0.4, -0.2) is 22.9 Å². The van der Waals surface area contributed by atoms with E-state index in [-0.39, 0.29) is 23.5 Å². The van der Waals surface area contributed by atoms with Gasteiger partial charge < -0.3 is 15.2 Å². The number of anilines is 1. The molecule has 0 radical (unpaired) electrons. The minimum absolute atomic E-state index is 0.0449. The number of nitrogens with one attached hydrogen (secondary N) is 2. The van der Waals surface area contributed by atoms with Gasteiger partial charge in [-0.3, -0.25) is 9.59 Å². The molecule has 1 fully saturated rings. The maximum absolute atomic E-state index is 13.7.